The molecule has 0 heterocycles. The van der Waals surface area contributed by atoms with Gasteiger partial charge >= 0.3 is 201 Å². The third-order valence-electron chi connectivity index (χ3n) is 0. The van der Waals surface area contributed by atoms with Crippen molar-refractivity contribution in [2.75, 3.05) is 0 Å². The van der Waals surface area contributed by atoms with E-state index in [1.165, 1.54) is 0 Å². The zero-order valence-electron chi connectivity index (χ0n) is 11.4. The molecule has 0 atom stereocenters. The second-order valence-electron chi connectivity index (χ2n) is 2.24. The Kier molecular flexibility index (Phi) is 41.8. The summed E-state index contributed by atoms with van der Waals surface area (Å²) in [5, 5.41) is 0. The van der Waals surface area contributed by atoms with Gasteiger partial charge in [-0.3, -0.25) is 0 Å². The van der Waals surface area contributed by atoms with E-state index in [1.54, 1.807) is 0 Å². The van der Waals surface area contributed by atoms with Gasteiger partial charge in [0.25, 0.3) is 0 Å². The van der Waals surface area contributed by atoms with E-state index in [4.69, 9.17) is 79.8 Å². The first-order chi connectivity index (χ1) is 10.0. The van der Waals surface area contributed by atoms with E-state index in [9.17, 15) is 0 Å². The van der Waals surface area contributed by atoms with Gasteiger partial charge in [-0.1, -0.05) is 0 Å². The van der Waals surface area contributed by atoms with Crippen molar-refractivity contribution in [2.45, 2.75) is 0 Å². The first kappa shape index (κ1) is 52.2. The van der Waals surface area contributed by atoms with Crippen LogP contribution in [-0.2, 0) is 122 Å². The van der Waals surface area contributed by atoms with E-state index in [2.05, 4.69) is 0 Å². The Morgan fingerprint density at radius 1 is 0.429 bits per heavy atom. The Labute approximate surface area is 198 Å². The number of hydrogen-bond acceptors (Lipinski definition) is 14. The van der Waals surface area contributed by atoms with Crippen LogP contribution in [0, 0.1) is 0 Å². The van der Waals surface area contributed by atoms with Gasteiger partial charge in [0.1, 0.15) is 0 Å². The standard InChI is InChI=1S/2AsH3O4.3Cr.3Cu.6H2O.6O/c2*2-1(3,4)5;;;;;;;;;;;;;;;;;;/h2*(H3,2,3,4,5);;;;;;;6*1H2;;;;;;/q;;6*+2;;;;;;;;;;;;/p-12. The monoisotopic (exact) mass is 820 g/mol. The van der Waals surface area contributed by atoms with Crippen LogP contribution < -0.4 is 24.6 Å². The topological polar surface area (TPSA) is 396 Å². The van der Waals surface area contributed by atoms with Crippen molar-refractivity contribution in [3.05, 3.63) is 0 Å². The van der Waals surface area contributed by atoms with Crippen LogP contribution in [0.2, 0.25) is 0 Å². The maximum absolute atomic E-state index is 8.82. The van der Waals surface area contributed by atoms with E-state index in [0.717, 1.165) is 0 Å². The predicted octanol–water partition coefficient (Wildman–Crippen LogP) is -12.2. The van der Waals surface area contributed by atoms with E-state index in [-0.39, 0.29) is 51.2 Å². The van der Waals surface area contributed by atoms with Crippen LogP contribution in [0.3, 0.4) is 0 Å². The molecule has 0 saturated heterocycles. The van der Waals surface area contributed by atoms with Crippen LogP contribution in [0.25, 0.3) is 0 Å². The van der Waals surface area contributed by atoms with E-state index in [0.29, 0.717) is 0 Å². The average Bonchev–Trinajstić information content (AvgIpc) is 1.79. The molecule has 187 valence electrons. The zero-order chi connectivity index (χ0) is 22.5. The molecule has 0 aliphatic carbocycles. The minimum absolute atomic E-state index is 0. The summed E-state index contributed by atoms with van der Waals surface area (Å²) in [5.74, 6) is 0. The molecule has 0 fully saturated rings. The molecule has 0 aromatic rings. The van der Waals surface area contributed by atoms with Crippen LogP contribution in [0.15, 0.2) is 0 Å². The fourth-order valence-corrected chi connectivity index (χ4v) is 0. The van der Waals surface area contributed by atoms with Crippen LogP contribution in [0.4, 0.5) is 0 Å². The Balaban J connectivity index is -0.0000000290. The normalized spacial score (nSPS) is 10.4. The molecule has 0 unspecified atom stereocenters. The summed E-state index contributed by atoms with van der Waals surface area (Å²) in [7, 11) is 0. The molecule has 0 aliphatic rings. The molecule has 0 bridgehead atoms. The Morgan fingerprint density at radius 3 is 0.429 bits per heavy atom. The van der Waals surface area contributed by atoms with Gasteiger partial charge in [0, 0.05) is 0 Å². The Morgan fingerprint density at radius 2 is 0.429 bits per heavy atom. The quantitative estimate of drug-likeness (QED) is 0.124. The average molecular weight is 822 g/mol. The molecule has 0 rings (SSSR count). The third-order valence-corrected chi connectivity index (χ3v) is 0. The van der Waals surface area contributed by atoms with Crippen LogP contribution in [-0.4, -0.2) is 54.0 Å². The summed E-state index contributed by atoms with van der Waals surface area (Å²) in [6.45, 7) is 0. The molecule has 0 aromatic carbocycles. The SMILES string of the molecule is O=[As]([O-])([O-])[O-].O=[As]([O-])([O-])[O-].[Cu+2].[Cu+2].[Cu+2].[O]=[Cr](=[O])([OH])[OH].[O]=[Cr](=[O])([OH])[OH].[O]=[Cr](=[O])([OH])[OH]. The molecule has 28 heavy (non-hydrogen) atoms. The first-order valence-electron chi connectivity index (χ1n) is 3.56. The van der Waals surface area contributed by atoms with E-state index < -0.39 is 69.9 Å². The summed E-state index contributed by atoms with van der Waals surface area (Å²) in [4.78, 5) is 0. The van der Waals surface area contributed by atoms with Gasteiger partial charge in [0.15, 0.2) is 0 Å². The van der Waals surface area contributed by atoms with Crippen LogP contribution in [0.1, 0.15) is 0 Å². The molecule has 28 heteroatoms. The molecule has 6 N–H and O–H groups in total. The van der Waals surface area contributed by atoms with Gasteiger partial charge in [-0.15, -0.1) is 0 Å². The molecule has 0 aromatic heterocycles. The van der Waals surface area contributed by atoms with E-state index >= 15 is 0 Å². The molecule has 20 nitrogen and oxygen atoms in total. The summed E-state index contributed by atoms with van der Waals surface area (Å²) < 4.78 is 164. The van der Waals surface area contributed by atoms with E-state index in [1.807, 2.05) is 0 Å². The van der Waals surface area contributed by atoms with Crippen molar-refractivity contribution in [2.24, 2.45) is 0 Å². The fourth-order valence-electron chi connectivity index (χ4n) is 0. The molecule has 3 radical (unpaired) electrons. The summed E-state index contributed by atoms with van der Waals surface area (Å²) >= 11 is -27.5. The summed E-state index contributed by atoms with van der Waals surface area (Å²) in [5.41, 5.74) is 0. The minimum atomic E-state index is -5.88. The van der Waals surface area contributed by atoms with Crippen LogP contribution in [0.5, 0.6) is 0 Å². The summed E-state index contributed by atoms with van der Waals surface area (Å²) in [6.07, 6.45) is 0. The third kappa shape index (κ3) is 4340. The van der Waals surface area contributed by atoms with Gasteiger partial charge in [-0.2, -0.15) is 0 Å². The van der Waals surface area contributed by atoms with Crippen molar-refractivity contribution < 1.29 is 172 Å². The van der Waals surface area contributed by atoms with Gasteiger partial charge in [-0.05, 0) is 0 Å². The molecule has 0 spiro atoms. The van der Waals surface area contributed by atoms with Gasteiger partial charge < -0.3 is 0 Å². The van der Waals surface area contributed by atoms with Crippen molar-refractivity contribution in [3.63, 3.8) is 0 Å². The van der Waals surface area contributed by atoms with Gasteiger partial charge in [-0.25, -0.2) is 0 Å². The molecular formula is H6As2Cr3Cu3O20. The molecular weight excluding hydrogens is 816 g/mol. The molecule has 0 saturated carbocycles. The van der Waals surface area contributed by atoms with Gasteiger partial charge in [0.2, 0.25) is 0 Å². The van der Waals surface area contributed by atoms with Crippen molar-refractivity contribution >= 4 is 29.0 Å². The summed E-state index contributed by atoms with van der Waals surface area (Å²) in [6, 6.07) is 0. The number of rotatable bonds is 0. The van der Waals surface area contributed by atoms with Gasteiger partial charge in [0.05, 0.1) is 0 Å². The first-order valence-corrected chi connectivity index (χ1v) is 16.2. The predicted molar refractivity (Wildman–Crippen MR) is 30.3 cm³/mol. The van der Waals surface area contributed by atoms with Crippen molar-refractivity contribution in [3.8, 4) is 0 Å². The molecule has 0 amide bonds. The van der Waals surface area contributed by atoms with Crippen molar-refractivity contribution in [1.29, 1.82) is 0 Å². The Hall–Kier alpha value is 2.19. The second kappa shape index (κ2) is 22.4. The molecule has 0 aliphatic heterocycles. The Bertz CT molecular complexity index is 586. The van der Waals surface area contributed by atoms with Crippen LogP contribution >= 0.6 is 0 Å². The fraction of sp³-hybridized carbons (Fsp3) is 0. The maximum atomic E-state index is 8.82. The number of hydrogen-bond donors (Lipinski definition) is 6. The zero-order valence-corrected chi connectivity index (χ0v) is 21.8. The second-order valence-corrected chi connectivity index (χ2v) is 10.2. The van der Waals surface area contributed by atoms with Crippen molar-refractivity contribution in [1.82, 2.24) is 0 Å².